The van der Waals surface area contributed by atoms with Crippen molar-refractivity contribution in [1.29, 1.82) is 0 Å². The first-order chi connectivity index (χ1) is 12.4. The van der Waals surface area contributed by atoms with E-state index in [0.717, 1.165) is 38.5 Å². The summed E-state index contributed by atoms with van der Waals surface area (Å²) >= 11 is 0. The zero-order valence-corrected chi connectivity index (χ0v) is 16.4. The molecule has 5 nitrogen and oxygen atoms in total. The molecular formula is C20H30O5S. The largest absolute Gasteiger partial charge is 0.490 e. The number of unbranched alkanes of at least 4 members (excludes halogenated alkanes) is 6. The molecule has 1 aliphatic carbocycles. The molecule has 26 heavy (non-hydrogen) atoms. The molecule has 1 saturated carbocycles. The molecule has 1 aromatic carbocycles. The highest BCUT2D eigenvalue weighted by Gasteiger charge is 2.24. The van der Waals surface area contributed by atoms with E-state index in [1.807, 2.05) is 0 Å². The van der Waals surface area contributed by atoms with Crippen LogP contribution in [0.5, 0.6) is 5.75 Å². The van der Waals surface area contributed by atoms with Crippen LogP contribution in [0.15, 0.2) is 23.1 Å². The van der Waals surface area contributed by atoms with E-state index >= 15 is 0 Å². The minimum atomic E-state index is -3.47. The highest BCUT2D eigenvalue weighted by Crippen LogP contribution is 2.29. The monoisotopic (exact) mass is 382 g/mol. The fourth-order valence-corrected chi connectivity index (χ4v) is 4.40. The number of aromatic carboxylic acids is 1. The van der Waals surface area contributed by atoms with Crippen LogP contribution >= 0.6 is 0 Å². The minimum Gasteiger partial charge on any atom is -0.490 e. The predicted octanol–water partition coefficient (Wildman–Crippen LogP) is 4.84. The standard InChI is InChI=1S/C20H30O5S/c1-2-3-4-5-6-7-8-14-26(23,24)17-12-13-19(18(15-17)20(21)22)25-16-10-9-11-16/h12-13,15-16H,2-11,14H2,1H3,(H,21,22). The number of carboxylic acid groups (broad SMARTS) is 1. The normalized spacial score (nSPS) is 14.8. The lowest BCUT2D eigenvalue weighted by Gasteiger charge is -2.27. The highest BCUT2D eigenvalue weighted by atomic mass is 32.2. The second-order valence-corrected chi connectivity index (χ2v) is 9.18. The van der Waals surface area contributed by atoms with Crippen molar-refractivity contribution >= 4 is 15.8 Å². The van der Waals surface area contributed by atoms with Crippen molar-refractivity contribution in [2.75, 3.05) is 5.75 Å². The quantitative estimate of drug-likeness (QED) is 0.523. The maximum atomic E-state index is 12.5. The van der Waals surface area contributed by atoms with Crippen molar-refractivity contribution in [3.05, 3.63) is 23.8 Å². The van der Waals surface area contributed by atoms with Crippen LogP contribution in [-0.2, 0) is 9.84 Å². The molecule has 0 radical (unpaired) electrons. The van der Waals surface area contributed by atoms with Gasteiger partial charge in [-0.2, -0.15) is 0 Å². The minimum absolute atomic E-state index is 0.0447. The van der Waals surface area contributed by atoms with Crippen molar-refractivity contribution in [1.82, 2.24) is 0 Å². The number of sulfone groups is 1. The average Bonchev–Trinajstić information content (AvgIpc) is 2.57. The Morgan fingerprint density at radius 2 is 1.77 bits per heavy atom. The highest BCUT2D eigenvalue weighted by molar-refractivity contribution is 7.91. The van der Waals surface area contributed by atoms with Gasteiger partial charge in [0, 0.05) is 0 Å². The average molecular weight is 383 g/mol. The Labute approximate surface area is 156 Å². The zero-order chi connectivity index (χ0) is 19.0. The fourth-order valence-electron chi connectivity index (χ4n) is 3.01. The second-order valence-electron chi connectivity index (χ2n) is 7.07. The summed E-state index contributed by atoms with van der Waals surface area (Å²) in [6, 6.07) is 4.20. The van der Waals surface area contributed by atoms with Crippen LogP contribution in [-0.4, -0.2) is 31.4 Å². The Kier molecular flexibility index (Phi) is 7.94. The van der Waals surface area contributed by atoms with Gasteiger partial charge in [-0.3, -0.25) is 0 Å². The third-order valence-electron chi connectivity index (χ3n) is 4.90. The van der Waals surface area contributed by atoms with Crippen molar-refractivity contribution in [3.63, 3.8) is 0 Å². The van der Waals surface area contributed by atoms with E-state index < -0.39 is 15.8 Å². The number of hydrogen-bond acceptors (Lipinski definition) is 4. The Balaban J connectivity index is 1.95. The van der Waals surface area contributed by atoms with E-state index in [2.05, 4.69) is 6.92 Å². The van der Waals surface area contributed by atoms with Gasteiger partial charge in [0.1, 0.15) is 11.3 Å². The topological polar surface area (TPSA) is 80.7 Å². The molecule has 0 heterocycles. The molecule has 1 aromatic rings. The Hall–Kier alpha value is -1.56. The van der Waals surface area contributed by atoms with Crippen LogP contribution in [0.2, 0.25) is 0 Å². The van der Waals surface area contributed by atoms with E-state index in [1.165, 1.54) is 37.5 Å². The number of carbonyl (C=O) groups is 1. The molecule has 0 unspecified atom stereocenters. The first-order valence-corrected chi connectivity index (χ1v) is 11.4. The van der Waals surface area contributed by atoms with Crippen LogP contribution in [0.4, 0.5) is 0 Å². The third kappa shape index (κ3) is 6.01. The van der Waals surface area contributed by atoms with Crippen LogP contribution in [0.3, 0.4) is 0 Å². The smallest absolute Gasteiger partial charge is 0.339 e. The molecule has 0 saturated heterocycles. The van der Waals surface area contributed by atoms with Gasteiger partial charge in [-0.25, -0.2) is 13.2 Å². The van der Waals surface area contributed by atoms with Crippen molar-refractivity contribution in [2.45, 2.75) is 82.1 Å². The molecule has 0 spiro atoms. The summed E-state index contributed by atoms with van der Waals surface area (Å²) < 4.78 is 30.7. The molecule has 0 atom stereocenters. The number of rotatable bonds is 12. The molecule has 0 amide bonds. The molecule has 146 valence electrons. The van der Waals surface area contributed by atoms with E-state index in [9.17, 15) is 18.3 Å². The van der Waals surface area contributed by atoms with Gasteiger partial charge in [0.2, 0.25) is 0 Å². The van der Waals surface area contributed by atoms with Gasteiger partial charge in [-0.15, -0.1) is 0 Å². The lowest BCUT2D eigenvalue weighted by Crippen LogP contribution is -2.25. The third-order valence-corrected chi connectivity index (χ3v) is 6.70. The van der Waals surface area contributed by atoms with Crippen LogP contribution < -0.4 is 4.74 Å². The molecule has 6 heteroatoms. The first kappa shape index (κ1) is 20.7. The summed E-state index contributed by atoms with van der Waals surface area (Å²) in [5.41, 5.74) is -0.0717. The number of benzene rings is 1. The van der Waals surface area contributed by atoms with Gasteiger partial charge in [0.15, 0.2) is 9.84 Å². The SMILES string of the molecule is CCCCCCCCCS(=O)(=O)c1ccc(OC2CCC2)c(C(=O)O)c1. The Morgan fingerprint density at radius 3 is 2.35 bits per heavy atom. The van der Waals surface area contributed by atoms with Gasteiger partial charge < -0.3 is 9.84 Å². The van der Waals surface area contributed by atoms with Crippen LogP contribution in [0, 0.1) is 0 Å². The predicted molar refractivity (Wildman–Crippen MR) is 102 cm³/mol. The summed E-state index contributed by atoms with van der Waals surface area (Å²) in [5.74, 6) is -0.841. The van der Waals surface area contributed by atoms with Crippen LogP contribution in [0.1, 0.15) is 81.5 Å². The summed E-state index contributed by atoms with van der Waals surface area (Å²) in [6.07, 6.45) is 10.3. The molecule has 1 N–H and O–H groups in total. The summed E-state index contributed by atoms with van der Waals surface area (Å²) in [5, 5.41) is 9.40. The number of carboxylic acids is 1. The van der Waals surface area contributed by atoms with E-state index in [0.29, 0.717) is 6.42 Å². The molecule has 0 aliphatic heterocycles. The zero-order valence-electron chi connectivity index (χ0n) is 15.6. The molecule has 1 fully saturated rings. The van der Waals surface area contributed by atoms with Crippen LogP contribution in [0.25, 0.3) is 0 Å². The van der Waals surface area contributed by atoms with Gasteiger partial charge in [0.05, 0.1) is 16.8 Å². The lowest BCUT2D eigenvalue weighted by atomic mass is 9.96. The maximum Gasteiger partial charge on any atom is 0.339 e. The van der Waals surface area contributed by atoms with E-state index in [4.69, 9.17) is 4.74 Å². The van der Waals surface area contributed by atoms with E-state index in [1.54, 1.807) is 0 Å². The van der Waals surface area contributed by atoms with Gasteiger partial charge >= 0.3 is 5.97 Å². The summed E-state index contributed by atoms with van der Waals surface area (Å²) in [7, 11) is -3.47. The fraction of sp³-hybridized carbons (Fsp3) is 0.650. The van der Waals surface area contributed by atoms with Crippen molar-refractivity contribution in [3.8, 4) is 5.75 Å². The Morgan fingerprint density at radius 1 is 1.12 bits per heavy atom. The molecular weight excluding hydrogens is 352 g/mol. The van der Waals surface area contributed by atoms with Gasteiger partial charge in [-0.05, 0) is 43.9 Å². The Bertz CT molecular complexity index is 692. The summed E-state index contributed by atoms with van der Waals surface area (Å²) in [6.45, 7) is 2.17. The second kappa shape index (κ2) is 9.95. The molecule has 0 aromatic heterocycles. The summed E-state index contributed by atoms with van der Waals surface area (Å²) in [4.78, 5) is 11.6. The number of ether oxygens (including phenoxy) is 1. The lowest BCUT2D eigenvalue weighted by molar-refractivity contribution is 0.0679. The number of hydrogen-bond donors (Lipinski definition) is 1. The molecule has 2 rings (SSSR count). The van der Waals surface area contributed by atoms with E-state index in [-0.39, 0.29) is 28.1 Å². The molecule has 0 bridgehead atoms. The first-order valence-electron chi connectivity index (χ1n) is 9.71. The van der Waals surface area contributed by atoms with Crippen molar-refractivity contribution < 1.29 is 23.1 Å². The van der Waals surface area contributed by atoms with Gasteiger partial charge in [0.25, 0.3) is 0 Å². The molecule has 1 aliphatic rings. The van der Waals surface area contributed by atoms with Gasteiger partial charge in [-0.1, -0.05) is 45.4 Å². The van der Waals surface area contributed by atoms with Crippen molar-refractivity contribution in [2.24, 2.45) is 0 Å². The maximum absolute atomic E-state index is 12.5.